The van der Waals surface area contributed by atoms with Gasteiger partial charge in [-0.05, 0) is 77.5 Å². The number of aryl methyl sites for hydroxylation is 1. The van der Waals surface area contributed by atoms with Gasteiger partial charge in [-0.2, -0.15) is 11.3 Å². The number of nitrogens with zero attached hydrogens (tertiary/aromatic N) is 1. The van der Waals surface area contributed by atoms with Gasteiger partial charge >= 0.3 is 0 Å². The molecule has 0 fully saturated rings. The van der Waals surface area contributed by atoms with E-state index in [0.717, 1.165) is 36.2 Å². The van der Waals surface area contributed by atoms with Gasteiger partial charge in [0.05, 0.1) is 25.6 Å². The Hall–Kier alpha value is -2.99. The fourth-order valence-corrected chi connectivity index (χ4v) is 5.26. The summed E-state index contributed by atoms with van der Waals surface area (Å²) in [5.41, 5.74) is 4.73. The number of hydrogen-bond donors (Lipinski definition) is 2. The first-order chi connectivity index (χ1) is 14.7. The maximum absolute atomic E-state index is 13.1. The molecule has 2 atom stereocenters. The second-order valence-corrected chi connectivity index (χ2v) is 8.63. The first kappa shape index (κ1) is 19.0. The van der Waals surface area contributed by atoms with Crippen LogP contribution in [0.2, 0.25) is 0 Å². The molecule has 1 aliphatic rings. The normalized spacial score (nSPS) is 16.9. The van der Waals surface area contributed by atoms with Crippen molar-refractivity contribution < 1.29 is 9.53 Å². The average Bonchev–Trinajstić information content (AvgIpc) is 3.53. The van der Waals surface area contributed by atoms with Gasteiger partial charge in [-0.25, -0.2) is 0 Å². The van der Waals surface area contributed by atoms with Crippen molar-refractivity contribution in [1.82, 2.24) is 14.9 Å². The molecule has 154 valence electrons. The van der Waals surface area contributed by atoms with E-state index in [1.54, 1.807) is 18.4 Å². The SMILES string of the molecule is COc1ccc2[nH]c3c(c2c1)CCC[C@H]3NC(=O)C[C@@H](c1ccsc1)n1cccc1. The van der Waals surface area contributed by atoms with Crippen LogP contribution in [0.4, 0.5) is 0 Å². The molecule has 2 N–H and O–H groups in total. The molecule has 0 saturated carbocycles. The number of methoxy groups -OCH3 is 1. The lowest BCUT2D eigenvalue weighted by Crippen LogP contribution is -2.32. The number of aromatic amines is 1. The van der Waals surface area contributed by atoms with Gasteiger partial charge in [0.25, 0.3) is 0 Å². The van der Waals surface area contributed by atoms with Gasteiger partial charge in [0.15, 0.2) is 0 Å². The number of rotatable bonds is 6. The Morgan fingerprint density at radius 2 is 2.20 bits per heavy atom. The van der Waals surface area contributed by atoms with E-state index in [1.165, 1.54) is 16.5 Å². The predicted octanol–water partition coefficient (Wildman–Crippen LogP) is 5.21. The second-order valence-electron chi connectivity index (χ2n) is 7.85. The lowest BCUT2D eigenvalue weighted by Gasteiger charge is -2.25. The van der Waals surface area contributed by atoms with E-state index in [4.69, 9.17) is 4.74 Å². The molecule has 5 rings (SSSR count). The van der Waals surface area contributed by atoms with Crippen LogP contribution in [0.3, 0.4) is 0 Å². The van der Waals surface area contributed by atoms with Crippen molar-refractivity contribution in [2.75, 3.05) is 7.11 Å². The maximum atomic E-state index is 13.1. The highest BCUT2D eigenvalue weighted by molar-refractivity contribution is 7.08. The van der Waals surface area contributed by atoms with Crippen molar-refractivity contribution in [3.8, 4) is 5.75 Å². The fraction of sp³-hybridized carbons (Fsp3) is 0.292. The molecule has 1 aromatic carbocycles. The molecule has 3 heterocycles. The Labute approximate surface area is 179 Å². The van der Waals surface area contributed by atoms with Crippen molar-refractivity contribution in [3.63, 3.8) is 0 Å². The number of amides is 1. The third-order valence-corrected chi connectivity index (χ3v) is 6.75. The highest BCUT2D eigenvalue weighted by Crippen LogP contribution is 2.36. The van der Waals surface area contributed by atoms with Gasteiger partial charge in [-0.15, -0.1) is 0 Å². The van der Waals surface area contributed by atoms with Gasteiger partial charge < -0.3 is 19.6 Å². The average molecular weight is 420 g/mol. The Kier molecular flexibility index (Phi) is 5.09. The summed E-state index contributed by atoms with van der Waals surface area (Å²) < 4.78 is 7.52. The largest absolute Gasteiger partial charge is 0.497 e. The lowest BCUT2D eigenvalue weighted by atomic mass is 9.91. The first-order valence-electron chi connectivity index (χ1n) is 10.4. The van der Waals surface area contributed by atoms with Crippen LogP contribution in [-0.4, -0.2) is 22.6 Å². The Bertz CT molecular complexity index is 1110. The maximum Gasteiger partial charge on any atom is 0.222 e. The van der Waals surface area contributed by atoms with Gasteiger partial charge in [-0.1, -0.05) is 0 Å². The smallest absolute Gasteiger partial charge is 0.222 e. The van der Waals surface area contributed by atoms with Crippen LogP contribution in [0.1, 0.15) is 48.2 Å². The molecule has 3 aromatic heterocycles. The highest BCUT2D eigenvalue weighted by atomic mass is 32.1. The number of fused-ring (bicyclic) bond motifs is 3. The summed E-state index contributed by atoms with van der Waals surface area (Å²) in [7, 11) is 1.69. The van der Waals surface area contributed by atoms with E-state index < -0.39 is 0 Å². The van der Waals surface area contributed by atoms with Crippen molar-refractivity contribution in [3.05, 3.63) is 76.4 Å². The van der Waals surface area contributed by atoms with E-state index in [9.17, 15) is 4.79 Å². The van der Waals surface area contributed by atoms with Crippen LogP contribution >= 0.6 is 11.3 Å². The summed E-state index contributed by atoms with van der Waals surface area (Å²) in [6.45, 7) is 0. The van der Waals surface area contributed by atoms with Crippen LogP contribution in [0.15, 0.2) is 59.6 Å². The molecule has 0 radical (unpaired) electrons. The third-order valence-electron chi connectivity index (χ3n) is 6.04. The minimum absolute atomic E-state index is 0.0151. The summed E-state index contributed by atoms with van der Waals surface area (Å²) in [5.74, 6) is 0.940. The molecule has 1 amide bonds. The zero-order valence-corrected chi connectivity index (χ0v) is 17.7. The number of carbonyl (C=O) groups excluding carboxylic acids is 1. The molecule has 30 heavy (non-hydrogen) atoms. The van der Waals surface area contributed by atoms with Crippen molar-refractivity contribution in [1.29, 1.82) is 0 Å². The predicted molar refractivity (Wildman–Crippen MR) is 120 cm³/mol. The summed E-state index contributed by atoms with van der Waals surface area (Å²) >= 11 is 1.66. The van der Waals surface area contributed by atoms with E-state index in [0.29, 0.717) is 6.42 Å². The molecule has 0 spiro atoms. The molecule has 5 nitrogen and oxygen atoms in total. The topological polar surface area (TPSA) is 59.0 Å². The quantitative estimate of drug-likeness (QED) is 0.451. The molecule has 0 saturated heterocycles. The van der Waals surface area contributed by atoms with Gasteiger partial charge in [-0.3, -0.25) is 4.79 Å². The number of H-pyrrole nitrogens is 1. The molecule has 0 unspecified atom stereocenters. The summed E-state index contributed by atoms with van der Waals surface area (Å²) in [6.07, 6.45) is 7.52. The Balaban J connectivity index is 1.38. The Morgan fingerprint density at radius 3 is 2.97 bits per heavy atom. The van der Waals surface area contributed by atoms with Crippen molar-refractivity contribution in [2.24, 2.45) is 0 Å². The number of aromatic nitrogens is 2. The monoisotopic (exact) mass is 419 g/mol. The van der Waals surface area contributed by atoms with Gasteiger partial charge in [0, 0.05) is 29.0 Å². The van der Waals surface area contributed by atoms with Crippen LogP contribution in [-0.2, 0) is 11.2 Å². The molecule has 4 aromatic rings. The van der Waals surface area contributed by atoms with Crippen LogP contribution < -0.4 is 10.1 Å². The Morgan fingerprint density at radius 1 is 1.33 bits per heavy atom. The fourth-order valence-electron chi connectivity index (χ4n) is 4.56. The minimum atomic E-state index is 0.0151. The number of thiophene rings is 1. The van der Waals surface area contributed by atoms with Gasteiger partial charge in [0.1, 0.15) is 5.75 Å². The molecule has 1 aliphatic carbocycles. The highest BCUT2D eigenvalue weighted by Gasteiger charge is 2.27. The number of benzene rings is 1. The second kappa shape index (κ2) is 8.03. The zero-order chi connectivity index (χ0) is 20.5. The molecule has 0 bridgehead atoms. The van der Waals surface area contributed by atoms with Crippen molar-refractivity contribution >= 4 is 28.1 Å². The summed E-state index contributed by atoms with van der Waals surface area (Å²) in [6, 6.07) is 12.3. The van der Waals surface area contributed by atoms with E-state index in [-0.39, 0.29) is 18.0 Å². The number of carbonyl (C=O) groups is 1. The number of nitrogens with one attached hydrogen (secondary N) is 2. The van der Waals surface area contributed by atoms with Crippen LogP contribution in [0, 0.1) is 0 Å². The molecular formula is C24H25N3O2S. The summed E-state index contributed by atoms with van der Waals surface area (Å²) in [4.78, 5) is 16.6. The van der Waals surface area contributed by atoms with Gasteiger partial charge in [0.2, 0.25) is 5.91 Å². The third kappa shape index (κ3) is 3.52. The standard InChI is InChI=1S/C24H25N3O2S/c1-29-17-7-8-20-19(13-17)18-5-4-6-21(24(18)26-20)25-23(28)14-22(16-9-12-30-15-16)27-10-2-3-11-27/h2-3,7-13,15,21-22,26H,4-6,14H2,1H3,(H,25,28)/t21-,22+/m1/s1. The van der Waals surface area contributed by atoms with E-state index >= 15 is 0 Å². The van der Waals surface area contributed by atoms with Crippen molar-refractivity contribution in [2.45, 2.75) is 37.8 Å². The molecule has 6 heteroatoms. The summed E-state index contributed by atoms with van der Waals surface area (Å²) in [5, 5.41) is 8.70. The number of hydrogen-bond acceptors (Lipinski definition) is 3. The molecular weight excluding hydrogens is 394 g/mol. The zero-order valence-electron chi connectivity index (χ0n) is 16.9. The minimum Gasteiger partial charge on any atom is -0.497 e. The lowest BCUT2D eigenvalue weighted by molar-refractivity contribution is -0.122. The number of ether oxygens (including phenoxy) is 1. The van der Waals surface area contributed by atoms with Crippen LogP contribution in [0.25, 0.3) is 10.9 Å². The van der Waals surface area contributed by atoms with E-state index in [1.807, 2.05) is 30.6 Å². The molecule has 0 aliphatic heterocycles. The first-order valence-corrected chi connectivity index (χ1v) is 11.3. The van der Waals surface area contributed by atoms with Crippen LogP contribution in [0.5, 0.6) is 5.75 Å². The van der Waals surface area contributed by atoms with E-state index in [2.05, 4.69) is 43.8 Å².